The van der Waals surface area contributed by atoms with Crippen LogP contribution in [-0.2, 0) is 4.79 Å². The summed E-state index contributed by atoms with van der Waals surface area (Å²) in [5.41, 5.74) is 0.391. The van der Waals surface area contributed by atoms with Crippen molar-refractivity contribution in [2.75, 3.05) is 13.1 Å². The summed E-state index contributed by atoms with van der Waals surface area (Å²) in [4.78, 5) is 26.2. The molecule has 0 aromatic heterocycles. The zero-order valence-corrected chi connectivity index (χ0v) is 12.1. The molecule has 0 bridgehead atoms. The van der Waals surface area contributed by atoms with E-state index in [9.17, 15) is 18.4 Å². The molecule has 0 spiro atoms. The largest absolute Gasteiger partial charge is 0.352 e. The van der Waals surface area contributed by atoms with Crippen LogP contribution in [-0.4, -0.2) is 29.8 Å². The summed E-state index contributed by atoms with van der Waals surface area (Å²) in [6.07, 6.45) is 0. The van der Waals surface area contributed by atoms with E-state index in [-0.39, 0.29) is 24.6 Å². The number of amides is 2. The van der Waals surface area contributed by atoms with Crippen molar-refractivity contribution in [3.05, 3.63) is 71.3 Å². The fourth-order valence-electron chi connectivity index (χ4n) is 2.65. The van der Waals surface area contributed by atoms with Crippen molar-refractivity contribution in [3.8, 4) is 0 Å². The van der Waals surface area contributed by atoms with E-state index < -0.39 is 23.6 Å². The molecule has 1 aliphatic rings. The predicted molar refractivity (Wildman–Crippen MR) is 79.6 cm³/mol. The summed E-state index contributed by atoms with van der Waals surface area (Å²) in [5, 5.41) is 2.68. The fourth-order valence-corrected chi connectivity index (χ4v) is 2.65. The molecule has 1 heterocycles. The standard InChI is InChI=1S/C17H14F2N2O2/c18-12-7-5-11(6-8-12)15-16(22)20-9-10-21(15)17(23)13-3-1-2-4-14(13)19/h1-8,15H,9-10H2,(H,20,22). The Morgan fingerprint density at radius 3 is 2.48 bits per heavy atom. The van der Waals surface area contributed by atoms with Gasteiger partial charge in [0.25, 0.3) is 5.91 Å². The highest BCUT2D eigenvalue weighted by atomic mass is 19.1. The number of carbonyl (C=O) groups excluding carboxylic acids is 2. The molecule has 1 aliphatic heterocycles. The van der Waals surface area contributed by atoms with Crippen molar-refractivity contribution in [1.82, 2.24) is 10.2 Å². The third-order valence-corrected chi connectivity index (χ3v) is 3.76. The second-order valence-corrected chi connectivity index (χ2v) is 5.22. The van der Waals surface area contributed by atoms with Gasteiger partial charge in [-0.3, -0.25) is 9.59 Å². The molecular weight excluding hydrogens is 302 g/mol. The summed E-state index contributed by atoms with van der Waals surface area (Å²) >= 11 is 0. The van der Waals surface area contributed by atoms with Gasteiger partial charge in [0, 0.05) is 13.1 Å². The van der Waals surface area contributed by atoms with Gasteiger partial charge in [-0.15, -0.1) is 0 Å². The number of piperazine rings is 1. The molecule has 1 saturated heterocycles. The van der Waals surface area contributed by atoms with Crippen LogP contribution in [0.1, 0.15) is 22.0 Å². The molecule has 1 unspecified atom stereocenters. The van der Waals surface area contributed by atoms with E-state index in [1.54, 1.807) is 6.07 Å². The third kappa shape index (κ3) is 2.92. The van der Waals surface area contributed by atoms with Gasteiger partial charge in [0.2, 0.25) is 5.91 Å². The van der Waals surface area contributed by atoms with Crippen LogP contribution < -0.4 is 5.32 Å². The van der Waals surface area contributed by atoms with Crippen LogP contribution in [0.3, 0.4) is 0 Å². The van der Waals surface area contributed by atoms with Crippen LogP contribution in [0.15, 0.2) is 48.5 Å². The van der Waals surface area contributed by atoms with Gasteiger partial charge < -0.3 is 10.2 Å². The highest BCUT2D eigenvalue weighted by molar-refractivity contribution is 5.98. The molecular formula is C17H14F2N2O2. The minimum Gasteiger partial charge on any atom is -0.352 e. The monoisotopic (exact) mass is 316 g/mol. The summed E-state index contributed by atoms with van der Waals surface area (Å²) in [7, 11) is 0. The maximum absolute atomic E-state index is 13.9. The predicted octanol–water partition coefficient (Wildman–Crippen LogP) is 2.28. The lowest BCUT2D eigenvalue weighted by Gasteiger charge is -2.35. The zero-order chi connectivity index (χ0) is 16.4. The molecule has 4 nitrogen and oxygen atoms in total. The summed E-state index contributed by atoms with van der Waals surface area (Å²) in [6.45, 7) is 0.539. The first-order valence-electron chi connectivity index (χ1n) is 7.16. The molecule has 2 aromatic carbocycles. The molecule has 2 amide bonds. The second-order valence-electron chi connectivity index (χ2n) is 5.22. The van der Waals surface area contributed by atoms with Gasteiger partial charge in [-0.25, -0.2) is 8.78 Å². The number of benzene rings is 2. The Morgan fingerprint density at radius 2 is 1.78 bits per heavy atom. The van der Waals surface area contributed by atoms with Crippen LogP contribution in [0.25, 0.3) is 0 Å². The quantitative estimate of drug-likeness (QED) is 0.924. The Bertz CT molecular complexity index is 747. The van der Waals surface area contributed by atoms with E-state index in [0.717, 1.165) is 0 Å². The Kier molecular flexibility index (Phi) is 4.06. The van der Waals surface area contributed by atoms with E-state index in [2.05, 4.69) is 5.32 Å². The summed E-state index contributed by atoms with van der Waals surface area (Å²) in [6, 6.07) is 10.1. The van der Waals surface area contributed by atoms with E-state index in [4.69, 9.17) is 0 Å². The average molecular weight is 316 g/mol. The van der Waals surface area contributed by atoms with Gasteiger partial charge in [0.15, 0.2) is 0 Å². The van der Waals surface area contributed by atoms with E-state index in [0.29, 0.717) is 5.56 Å². The molecule has 6 heteroatoms. The zero-order valence-electron chi connectivity index (χ0n) is 12.1. The Labute approximate surface area is 131 Å². The first-order valence-corrected chi connectivity index (χ1v) is 7.16. The van der Waals surface area contributed by atoms with Crippen LogP contribution in [0.2, 0.25) is 0 Å². The highest BCUT2D eigenvalue weighted by Crippen LogP contribution is 2.26. The van der Waals surface area contributed by atoms with Gasteiger partial charge in [-0.05, 0) is 29.8 Å². The highest BCUT2D eigenvalue weighted by Gasteiger charge is 2.35. The molecule has 1 fully saturated rings. The number of rotatable bonds is 2. The van der Waals surface area contributed by atoms with Crippen molar-refractivity contribution >= 4 is 11.8 Å². The molecule has 0 aliphatic carbocycles. The maximum Gasteiger partial charge on any atom is 0.257 e. The van der Waals surface area contributed by atoms with Crippen molar-refractivity contribution in [1.29, 1.82) is 0 Å². The average Bonchev–Trinajstić information content (AvgIpc) is 2.55. The first kappa shape index (κ1) is 15.1. The van der Waals surface area contributed by atoms with Gasteiger partial charge in [-0.2, -0.15) is 0 Å². The lowest BCUT2D eigenvalue weighted by Crippen LogP contribution is -2.52. The van der Waals surface area contributed by atoms with Crippen molar-refractivity contribution in [3.63, 3.8) is 0 Å². The maximum atomic E-state index is 13.9. The number of carbonyl (C=O) groups is 2. The number of nitrogens with one attached hydrogen (secondary N) is 1. The Balaban J connectivity index is 1.98. The number of hydrogen-bond acceptors (Lipinski definition) is 2. The van der Waals surface area contributed by atoms with Crippen LogP contribution in [0.5, 0.6) is 0 Å². The van der Waals surface area contributed by atoms with E-state index in [1.807, 2.05) is 0 Å². The second kappa shape index (κ2) is 6.16. The minimum absolute atomic E-state index is 0.0886. The summed E-state index contributed by atoms with van der Waals surface area (Å²) < 4.78 is 27.0. The summed E-state index contributed by atoms with van der Waals surface area (Å²) in [5.74, 6) is -2.00. The normalized spacial score (nSPS) is 17.7. The van der Waals surface area contributed by atoms with Gasteiger partial charge in [0.1, 0.15) is 17.7 Å². The van der Waals surface area contributed by atoms with Crippen LogP contribution >= 0.6 is 0 Å². The molecule has 1 N–H and O–H groups in total. The molecule has 118 valence electrons. The molecule has 1 atom stereocenters. The molecule has 23 heavy (non-hydrogen) atoms. The molecule has 0 radical (unpaired) electrons. The lowest BCUT2D eigenvalue weighted by atomic mass is 10.0. The number of nitrogens with zero attached hydrogens (tertiary/aromatic N) is 1. The Hall–Kier alpha value is -2.76. The van der Waals surface area contributed by atoms with Gasteiger partial charge in [-0.1, -0.05) is 24.3 Å². The smallest absolute Gasteiger partial charge is 0.257 e. The third-order valence-electron chi connectivity index (χ3n) is 3.76. The van der Waals surface area contributed by atoms with E-state index in [1.165, 1.54) is 47.4 Å². The van der Waals surface area contributed by atoms with Crippen molar-refractivity contribution in [2.45, 2.75) is 6.04 Å². The minimum atomic E-state index is -0.906. The first-order chi connectivity index (χ1) is 11.1. The molecule has 3 rings (SSSR count). The molecule has 0 saturated carbocycles. The van der Waals surface area contributed by atoms with E-state index >= 15 is 0 Å². The lowest BCUT2D eigenvalue weighted by molar-refractivity contribution is -0.128. The molecule has 2 aromatic rings. The fraction of sp³-hybridized carbons (Fsp3) is 0.176. The van der Waals surface area contributed by atoms with Gasteiger partial charge in [0.05, 0.1) is 5.56 Å². The van der Waals surface area contributed by atoms with Crippen molar-refractivity contribution in [2.24, 2.45) is 0 Å². The topological polar surface area (TPSA) is 49.4 Å². The van der Waals surface area contributed by atoms with Crippen LogP contribution in [0.4, 0.5) is 8.78 Å². The Morgan fingerprint density at radius 1 is 1.09 bits per heavy atom. The number of halogens is 2. The van der Waals surface area contributed by atoms with Gasteiger partial charge >= 0.3 is 0 Å². The number of hydrogen-bond donors (Lipinski definition) is 1. The van der Waals surface area contributed by atoms with Crippen molar-refractivity contribution < 1.29 is 18.4 Å². The SMILES string of the molecule is O=C1NCCN(C(=O)c2ccccc2F)C1c1ccc(F)cc1. The van der Waals surface area contributed by atoms with Crippen LogP contribution in [0, 0.1) is 11.6 Å².